The molecule has 1 saturated heterocycles. The average molecular weight is 369 g/mol. The Labute approximate surface area is 152 Å². The van der Waals surface area contributed by atoms with Crippen molar-refractivity contribution in [3.8, 4) is 11.4 Å². The topological polar surface area (TPSA) is 71.3 Å². The zero-order chi connectivity index (χ0) is 17.1. The molecule has 6 nitrogen and oxygen atoms in total. The van der Waals surface area contributed by atoms with Crippen molar-refractivity contribution in [3.63, 3.8) is 0 Å². The molecule has 1 aromatic carbocycles. The Bertz CT molecular complexity index is 737. The lowest BCUT2D eigenvalue weighted by Crippen LogP contribution is -2.52. The number of halogens is 2. The van der Waals surface area contributed by atoms with Crippen LogP contribution in [-0.2, 0) is 11.2 Å². The molecule has 25 heavy (non-hydrogen) atoms. The molecule has 1 amide bonds. The van der Waals surface area contributed by atoms with Gasteiger partial charge in [0.25, 0.3) is 0 Å². The van der Waals surface area contributed by atoms with Crippen molar-refractivity contribution in [2.45, 2.75) is 32.7 Å². The van der Waals surface area contributed by atoms with E-state index in [0.29, 0.717) is 35.7 Å². The van der Waals surface area contributed by atoms with Crippen molar-refractivity contribution in [1.29, 1.82) is 0 Å². The molecule has 8 heteroatoms. The van der Waals surface area contributed by atoms with Gasteiger partial charge >= 0.3 is 0 Å². The van der Waals surface area contributed by atoms with Gasteiger partial charge in [-0.25, -0.2) is 4.39 Å². The van der Waals surface area contributed by atoms with Gasteiger partial charge in [-0.1, -0.05) is 17.3 Å². The minimum atomic E-state index is -0.304. The highest BCUT2D eigenvalue weighted by Crippen LogP contribution is 2.19. The molecule has 2 aromatic rings. The number of nitrogens with one attached hydrogen (secondary N) is 1. The molecule has 0 aliphatic carbocycles. The molecule has 3 rings (SSSR count). The first-order valence-corrected chi connectivity index (χ1v) is 8.14. The molecule has 1 fully saturated rings. The van der Waals surface area contributed by atoms with E-state index in [0.717, 1.165) is 19.6 Å². The van der Waals surface area contributed by atoms with Gasteiger partial charge in [0.1, 0.15) is 5.82 Å². The molecule has 0 radical (unpaired) electrons. The van der Waals surface area contributed by atoms with E-state index in [1.807, 2.05) is 11.8 Å². The quantitative estimate of drug-likeness (QED) is 0.897. The molecule has 0 saturated carbocycles. The van der Waals surface area contributed by atoms with Gasteiger partial charge in [0.15, 0.2) is 0 Å². The number of benzene rings is 1. The number of hydrogen-bond donors (Lipinski definition) is 1. The summed E-state index contributed by atoms with van der Waals surface area (Å²) in [6.07, 6.45) is 0.713. The van der Waals surface area contributed by atoms with Crippen LogP contribution in [0.3, 0.4) is 0 Å². The molecule has 1 aromatic heterocycles. The highest BCUT2D eigenvalue weighted by atomic mass is 35.5. The standard InChI is InChI=1S/C17H21FN4O2.ClH/c1-11-3-4-13(9-14(11)18)17-20-15(24-21-17)5-6-16(23)22-8-7-19-10-12(22)2;/h3-4,9,12,19H,5-8,10H2,1-2H3;1H/t12-;/m0./s1. The zero-order valence-electron chi connectivity index (χ0n) is 14.3. The van der Waals surface area contributed by atoms with E-state index in [2.05, 4.69) is 15.5 Å². The summed E-state index contributed by atoms with van der Waals surface area (Å²) in [5.41, 5.74) is 1.13. The molecule has 1 aliphatic heterocycles. The van der Waals surface area contributed by atoms with Crippen LogP contribution in [-0.4, -0.2) is 46.6 Å². The summed E-state index contributed by atoms with van der Waals surface area (Å²) in [5, 5.41) is 7.13. The number of nitrogens with zero attached hydrogens (tertiary/aromatic N) is 3. The van der Waals surface area contributed by atoms with Crippen LogP contribution in [0.1, 0.15) is 24.8 Å². The van der Waals surface area contributed by atoms with Crippen molar-refractivity contribution in [2.75, 3.05) is 19.6 Å². The van der Waals surface area contributed by atoms with Crippen LogP contribution in [0.25, 0.3) is 11.4 Å². The smallest absolute Gasteiger partial charge is 0.227 e. The normalized spacial score (nSPS) is 17.2. The van der Waals surface area contributed by atoms with Crippen LogP contribution in [0.5, 0.6) is 0 Å². The Hall–Kier alpha value is -1.99. The molecular weight excluding hydrogens is 347 g/mol. The fourth-order valence-corrected chi connectivity index (χ4v) is 2.77. The lowest BCUT2D eigenvalue weighted by molar-refractivity contribution is -0.134. The third kappa shape index (κ3) is 4.55. The lowest BCUT2D eigenvalue weighted by atomic mass is 10.1. The van der Waals surface area contributed by atoms with Gasteiger partial charge in [0.05, 0.1) is 0 Å². The summed E-state index contributed by atoms with van der Waals surface area (Å²) in [6.45, 7) is 6.08. The van der Waals surface area contributed by atoms with Crippen molar-refractivity contribution in [3.05, 3.63) is 35.5 Å². The van der Waals surface area contributed by atoms with Gasteiger partial charge in [-0.15, -0.1) is 12.4 Å². The fourth-order valence-electron chi connectivity index (χ4n) is 2.77. The number of rotatable bonds is 4. The molecule has 2 heterocycles. The van der Waals surface area contributed by atoms with Crippen molar-refractivity contribution in [1.82, 2.24) is 20.4 Å². The van der Waals surface area contributed by atoms with E-state index in [-0.39, 0.29) is 30.2 Å². The third-order valence-corrected chi connectivity index (χ3v) is 4.27. The molecule has 0 spiro atoms. The molecule has 1 aliphatic rings. The van der Waals surface area contributed by atoms with Crippen molar-refractivity contribution in [2.24, 2.45) is 0 Å². The van der Waals surface area contributed by atoms with Crippen LogP contribution < -0.4 is 5.32 Å². The Kier molecular flexibility index (Phi) is 6.50. The minimum Gasteiger partial charge on any atom is -0.339 e. The number of amides is 1. The highest BCUT2D eigenvalue weighted by molar-refractivity contribution is 5.85. The fraction of sp³-hybridized carbons (Fsp3) is 0.471. The maximum Gasteiger partial charge on any atom is 0.227 e. The first-order chi connectivity index (χ1) is 11.5. The number of hydrogen-bond acceptors (Lipinski definition) is 5. The Balaban J connectivity index is 0.00000225. The lowest BCUT2D eigenvalue weighted by Gasteiger charge is -2.34. The van der Waals surface area contributed by atoms with Crippen molar-refractivity contribution >= 4 is 18.3 Å². The Morgan fingerprint density at radius 1 is 1.48 bits per heavy atom. The second-order valence-electron chi connectivity index (χ2n) is 6.12. The van der Waals surface area contributed by atoms with E-state index in [1.54, 1.807) is 19.1 Å². The van der Waals surface area contributed by atoms with Crippen LogP contribution in [0.15, 0.2) is 22.7 Å². The molecule has 1 N–H and O–H groups in total. The largest absolute Gasteiger partial charge is 0.339 e. The van der Waals surface area contributed by atoms with E-state index >= 15 is 0 Å². The zero-order valence-corrected chi connectivity index (χ0v) is 15.1. The predicted molar refractivity (Wildman–Crippen MR) is 94.0 cm³/mol. The third-order valence-electron chi connectivity index (χ3n) is 4.27. The van der Waals surface area contributed by atoms with Gasteiger partial charge in [-0.05, 0) is 25.5 Å². The molecule has 0 unspecified atom stereocenters. The number of carbonyl (C=O) groups excluding carboxylic acids is 1. The van der Waals surface area contributed by atoms with E-state index in [1.165, 1.54) is 6.07 Å². The van der Waals surface area contributed by atoms with Crippen LogP contribution >= 0.6 is 12.4 Å². The van der Waals surface area contributed by atoms with E-state index in [4.69, 9.17) is 4.52 Å². The summed E-state index contributed by atoms with van der Waals surface area (Å²) in [5.74, 6) is 0.515. The monoisotopic (exact) mass is 368 g/mol. The van der Waals surface area contributed by atoms with Gasteiger partial charge in [0.2, 0.25) is 17.6 Å². The molecule has 1 atom stereocenters. The highest BCUT2D eigenvalue weighted by Gasteiger charge is 2.23. The maximum atomic E-state index is 13.6. The summed E-state index contributed by atoms with van der Waals surface area (Å²) in [6, 6.07) is 5.01. The SMILES string of the molecule is Cc1ccc(-c2noc(CCC(=O)N3CCNC[C@@H]3C)n2)cc1F.Cl. The summed E-state index contributed by atoms with van der Waals surface area (Å²) in [4.78, 5) is 18.4. The molecule has 136 valence electrons. The molecular formula is C17H22ClFN4O2. The van der Waals surface area contributed by atoms with Gasteiger partial charge in [0, 0.05) is 44.1 Å². The van der Waals surface area contributed by atoms with Crippen molar-refractivity contribution < 1.29 is 13.7 Å². The Morgan fingerprint density at radius 3 is 3.00 bits per heavy atom. The number of piperazine rings is 1. The summed E-state index contributed by atoms with van der Waals surface area (Å²) >= 11 is 0. The molecule has 0 bridgehead atoms. The predicted octanol–water partition coefficient (Wildman–Crippen LogP) is 2.36. The van der Waals surface area contributed by atoms with E-state index in [9.17, 15) is 9.18 Å². The summed E-state index contributed by atoms with van der Waals surface area (Å²) < 4.78 is 18.8. The van der Waals surface area contributed by atoms with E-state index < -0.39 is 0 Å². The second-order valence-corrected chi connectivity index (χ2v) is 6.12. The number of carbonyl (C=O) groups is 1. The van der Waals surface area contributed by atoms with Gasteiger partial charge in [-0.2, -0.15) is 4.98 Å². The minimum absolute atomic E-state index is 0. The van der Waals surface area contributed by atoms with Gasteiger partial charge < -0.3 is 14.7 Å². The Morgan fingerprint density at radius 2 is 2.28 bits per heavy atom. The second kappa shape index (κ2) is 8.40. The van der Waals surface area contributed by atoms with Gasteiger partial charge in [-0.3, -0.25) is 4.79 Å². The summed E-state index contributed by atoms with van der Waals surface area (Å²) in [7, 11) is 0. The van der Waals surface area contributed by atoms with Crippen LogP contribution in [0.4, 0.5) is 4.39 Å². The average Bonchev–Trinajstić information content (AvgIpc) is 3.04. The number of aromatic nitrogens is 2. The first kappa shape index (κ1) is 19.3. The maximum absolute atomic E-state index is 13.6. The van der Waals surface area contributed by atoms with Crippen LogP contribution in [0, 0.1) is 12.7 Å². The van der Waals surface area contributed by atoms with Crippen LogP contribution in [0.2, 0.25) is 0 Å². The number of aryl methyl sites for hydroxylation is 2. The first-order valence-electron chi connectivity index (χ1n) is 8.14.